The molecule has 0 N–H and O–H groups in total. The lowest BCUT2D eigenvalue weighted by atomic mass is 10.2. The molecule has 1 aliphatic rings. The van der Waals surface area contributed by atoms with Gasteiger partial charge in [0.1, 0.15) is 4.90 Å². The molecule has 1 aromatic carbocycles. The molecule has 0 spiro atoms. The van der Waals surface area contributed by atoms with Gasteiger partial charge in [-0.05, 0) is 18.6 Å². The van der Waals surface area contributed by atoms with Crippen molar-refractivity contribution in [3.8, 4) is 0 Å². The van der Waals surface area contributed by atoms with Crippen molar-refractivity contribution < 1.29 is 8.42 Å². The molecule has 0 fully saturated rings. The number of halogens is 1. The summed E-state index contributed by atoms with van der Waals surface area (Å²) in [7, 11) is -3.51. The first-order valence-corrected chi connectivity index (χ1v) is 8.41. The van der Waals surface area contributed by atoms with Crippen LogP contribution in [0.3, 0.4) is 0 Å². The molecule has 0 bridgehead atoms. The standard InChI is InChI=1S/C12H15BrN2O2S/c1-2-8-15(9-7-13)12-10-5-3-4-6-11(10)18(16,17)14-12/h3-6H,2,7-9H2,1H3. The Morgan fingerprint density at radius 3 is 2.67 bits per heavy atom. The van der Waals surface area contributed by atoms with E-state index in [0.717, 1.165) is 24.8 Å². The van der Waals surface area contributed by atoms with E-state index in [0.29, 0.717) is 16.3 Å². The predicted molar refractivity (Wildman–Crippen MR) is 75.8 cm³/mol. The van der Waals surface area contributed by atoms with Crippen molar-refractivity contribution in [3.63, 3.8) is 0 Å². The molecular weight excluding hydrogens is 316 g/mol. The predicted octanol–water partition coefficient (Wildman–Crippen LogP) is 2.24. The molecule has 0 aliphatic carbocycles. The number of alkyl halides is 1. The van der Waals surface area contributed by atoms with Crippen LogP contribution in [0.4, 0.5) is 0 Å². The summed E-state index contributed by atoms with van der Waals surface area (Å²) in [5, 5.41) is 0.786. The summed E-state index contributed by atoms with van der Waals surface area (Å²) >= 11 is 3.39. The minimum absolute atomic E-state index is 0.315. The number of amidine groups is 1. The van der Waals surface area contributed by atoms with Crippen LogP contribution in [-0.4, -0.2) is 37.6 Å². The summed E-state index contributed by atoms with van der Waals surface area (Å²) in [5.41, 5.74) is 0.715. The average molecular weight is 331 g/mol. The van der Waals surface area contributed by atoms with Gasteiger partial charge in [0.2, 0.25) is 0 Å². The maximum absolute atomic E-state index is 12.0. The summed E-state index contributed by atoms with van der Waals surface area (Å²) in [5.74, 6) is 0.576. The SMILES string of the molecule is CCCN(CCBr)C1=NS(=O)(=O)c2ccccc21. The van der Waals surface area contributed by atoms with Crippen molar-refractivity contribution in [1.82, 2.24) is 4.90 Å². The van der Waals surface area contributed by atoms with Crippen molar-refractivity contribution in [2.45, 2.75) is 18.2 Å². The molecule has 0 amide bonds. The van der Waals surface area contributed by atoms with Crippen LogP contribution in [0.5, 0.6) is 0 Å². The smallest absolute Gasteiger partial charge is 0.285 e. The number of benzene rings is 1. The molecule has 0 saturated carbocycles. The third kappa shape index (κ3) is 2.44. The van der Waals surface area contributed by atoms with Gasteiger partial charge in [-0.1, -0.05) is 35.0 Å². The zero-order valence-electron chi connectivity index (χ0n) is 10.1. The second kappa shape index (κ2) is 5.40. The van der Waals surface area contributed by atoms with Crippen LogP contribution >= 0.6 is 15.9 Å². The van der Waals surface area contributed by atoms with Crippen LogP contribution in [0, 0.1) is 0 Å². The van der Waals surface area contributed by atoms with E-state index in [4.69, 9.17) is 0 Å². The monoisotopic (exact) mass is 330 g/mol. The normalized spacial score (nSPS) is 16.2. The average Bonchev–Trinajstić information content (AvgIpc) is 2.62. The molecule has 0 radical (unpaired) electrons. The van der Waals surface area contributed by atoms with Gasteiger partial charge in [-0.15, -0.1) is 4.40 Å². The van der Waals surface area contributed by atoms with Gasteiger partial charge >= 0.3 is 0 Å². The first-order valence-electron chi connectivity index (χ1n) is 5.85. The Labute approximate surface area is 116 Å². The molecular formula is C12H15BrN2O2S. The molecule has 0 unspecified atom stereocenters. The van der Waals surface area contributed by atoms with Crippen LogP contribution in [0.1, 0.15) is 18.9 Å². The minimum atomic E-state index is -3.51. The maximum Gasteiger partial charge on any atom is 0.285 e. The highest BCUT2D eigenvalue weighted by Crippen LogP contribution is 2.27. The van der Waals surface area contributed by atoms with E-state index in [9.17, 15) is 8.42 Å². The van der Waals surface area contributed by atoms with Crippen molar-refractivity contribution in [2.75, 3.05) is 18.4 Å². The van der Waals surface area contributed by atoms with Gasteiger partial charge in [0.05, 0.1) is 0 Å². The third-order valence-corrected chi connectivity index (χ3v) is 4.44. The fourth-order valence-corrected chi connectivity index (χ4v) is 3.67. The molecule has 0 saturated heterocycles. The van der Waals surface area contributed by atoms with Gasteiger partial charge in [0.15, 0.2) is 5.84 Å². The topological polar surface area (TPSA) is 49.7 Å². The van der Waals surface area contributed by atoms with Crippen LogP contribution in [0.2, 0.25) is 0 Å². The Balaban J connectivity index is 2.46. The van der Waals surface area contributed by atoms with Crippen LogP contribution in [-0.2, 0) is 10.0 Å². The van der Waals surface area contributed by atoms with Gasteiger partial charge in [0.25, 0.3) is 10.0 Å². The maximum atomic E-state index is 12.0. The van der Waals surface area contributed by atoms with Gasteiger partial charge in [0, 0.05) is 24.0 Å². The summed E-state index contributed by atoms with van der Waals surface area (Å²) in [6.07, 6.45) is 0.953. The molecule has 1 aliphatic heterocycles. The Bertz CT molecular complexity index is 563. The van der Waals surface area contributed by atoms with Gasteiger partial charge < -0.3 is 4.90 Å². The third-order valence-electron chi connectivity index (χ3n) is 2.76. The molecule has 6 heteroatoms. The molecule has 1 aromatic rings. The quantitative estimate of drug-likeness (QED) is 0.795. The van der Waals surface area contributed by atoms with E-state index in [1.807, 2.05) is 17.0 Å². The number of nitrogens with zero attached hydrogens (tertiary/aromatic N) is 2. The highest BCUT2D eigenvalue weighted by molar-refractivity contribution is 9.09. The first kappa shape index (κ1) is 13.5. The molecule has 18 heavy (non-hydrogen) atoms. The minimum Gasteiger partial charge on any atom is -0.355 e. The van der Waals surface area contributed by atoms with Gasteiger partial charge in [-0.2, -0.15) is 8.42 Å². The Morgan fingerprint density at radius 1 is 1.28 bits per heavy atom. The van der Waals surface area contributed by atoms with E-state index in [1.54, 1.807) is 12.1 Å². The Kier molecular flexibility index (Phi) is 4.07. The molecule has 0 atom stereocenters. The number of sulfonamides is 1. The fraction of sp³-hybridized carbons (Fsp3) is 0.417. The molecule has 1 heterocycles. The second-order valence-corrected chi connectivity index (χ2v) is 6.43. The van der Waals surface area contributed by atoms with Gasteiger partial charge in [-0.25, -0.2) is 0 Å². The Hall–Kier alpha value is -0.880. The number of hydrogen-bond acceptors (Lipinski definition) is 3. The fourth-order valence-electron chi connectivity index (χ4n) is 2.01. The van der Waals surface area contributed by atoms with Crippen LogP contribution in [0.15, 0.2) is 33.6 Å². The molecule has 4 nitrogen and oxygen atoms in total. The lowest BCUT2D eigenvalue weighted by molar-refractivity contribution is 0.445. The molecule has 98 valence electrons. The second-order valence-electron chi connectivity index (χ2n) is 4.06. The largest absolute Gasteiger partial charge is 0.355 e. The van der Waals surface area contributed by atoms with Crippen molar-refractivity contribution in [1.29, 1.82) is 0 Å². The summed E-state index contributed by atoms with van der Waals surface area (Å²) in [4.78, 5) is 2.33. The zero-order chi connectivity index (χ0) is 13.2. The lowest BCUT2D eigenvalue weighted by Crippen LogP contribution is -2.33. The summed E-state index contributed by atoms with van der Waals surface area (Å²) < 4.78 is 27.8. The Morgan fingerprint density at radius 2 is 2.00 bits per heavy atom. The van der Waals surface area contributed by atoms with Crippen molar-refractivity contribution in [3.05, 3.63) is 29.8 Å². The lowest BCUT2D eigenvalue weighted by Gasteiger charge is -2.22. The van der Waals surface area contributed by atoms with E-state index in [1.165, 1.54) is 0 Å². The van der Waals surface area contributed by atoms with E-state index in [2.05, 4.69) is 27.3 Å². The first-order chi connectivity index (χ1) is 8.60. The van der Waals surface area contributed by atoms with Crippen LogP contribution in [0.25, 0.3) is 0 Å². The van der Waals surface area contributed by atoms with E-state index >= 15 is 0 Å². The zero-order valence-corrected chi connectivity index (χ0v) is 12.5. The van der Waals surface area contributed by atoms with E-state index in [-0.39, 0.29) is 0 Å². The molecule has 0 aromatic heterocycles. The number of fused-ring (bicyclic) bond motifs is 1. The summed E-state index contributed by atoms with van der Waals surface area (Å²) in [6.45, 7) is 3.61. The van der Waals surface area contributed by atoms with E-state index < -0.39 is 10.0 Å². The van der Waals surface area contributed by atoms with Crippen molar-refractivity contribution in [2.24, 2.45) is 4.40 Å². The molecule has 2 rings (SSSR count). The summed E-state index contributed by atoms with van der Waals surface area (Å²) in [6, 6.07) is 6.99. The van der Waals surface area contributed by atoms with Crippen molar-refractivity contribution >= 4 is 31.8 Å². The number of rotatable bonds is 4. The van der Waals surface area contributed by atoms with Crippen LogP contribution < -0.4 is 0 Å². The van der Waals surface area contributed by atoms with Gasteiger partial charge in [-0.3, -0.25) is 0 Å². The highest BCUT2D eigenvalue weighted by atomic mass is 79.9. The number of hydrogen-bond donors (Lipinski definition) is 0. The highest BCUT2D eigenvalue weighted by Gasteiger charge is 2.30.